The third-order valence-corrected chi connectivity index (χ3v) is 7.95. The van der Waals surface area contributed by atoms with Crippen molar-refractivity contribution in [1.29, 1.82) is 0 Å². The quantitative estimate of drug-likeness (QED) is 0.213. The van der Waals surface area contributed by atoms with E-state index in [9.17, 15) is 22.4 Å². The molecule has 2 N–H and O–H groups in total. The lowest BCUT2D eigenvalue weighted by atomic mass is 9.77. The molecule has 2 atom stereocenters. The maximum Gasteiger partial charge on any atom is 0.416 e. The molecule has 230 valence electrons. The number of anilines is 1. The maximum absolute atomic E-state index is 14.3. The molecule has 3 aromatic rings. The molecule has 1 amide bonds. The summed E-state index contributed by atoms with van der Waals surface area (Å²) in [5.41, 5.74) is 3.17. The van der Waals surface area contributed by atoms with Crippen LogP contribution in [0.4, 0.5) is 23.2 Å². The van der Waals surface area contributed by atoms with Gasteiger partial charge in [0.05, 0.1) is 24.0 Å². The number of hydrogen-bond donors (Lipinski definition) is 2. The van der Waals surface area contributed by atoms with Crippen LogP contribution in [0.5, 0.6) is 0 Å². The summed E-state index contributed by atoms with van der Waals surface area (Å²) in [7, 11) is 0. The van der Waals surface area contributed by atoms with E-state index in [-0.39, 0.29) is 36.0 Å². The Kier molecular flexibility index (Phi) is 11.3. The average Bonchev–Trinajstić information content (AvgIpc) is 3.02. The summed E-state index contributed by atoms with van der Waals surface area (Å²) in [5, 5.41) is 9.39. The third-order valence-electron chi connectivity index (χ3n) is 7.95. The predicted molar refractivity (Wildman–Crippen MR) is 154 cm³/mol. The van der Waals surface area contributed by atoms with E-state index in [1.807, 2.05) is 12.1 Å². The van der Waals surface area contributed by atoms with E-state index in [4.69, 9.17) is 19.4 Å². The van der Waals surface area contributed by atoms with Crippen LogP contribution >= 0.6 is 0 Å². The number of carboxylic acid groups (broad SMARTS) is 1. The van der Waals surface area contributed by atoms with Gasteiger partial charge >= 0.3 is 6.18 Å². The number of benzene rings is 3. The fourth-order valence-corrected chi connectivity index (χ4v) is 5.67. The minimum atomic E-state index is -4.64. The molecule has 43 heavy (non-hydrogen) atoms. The Morgan fingerprint density at radius 3 is 2.37 bits per heavy atom. The van der Waals surface area contributed by atoms with Gasteiger partial charge in [-0.1, -0.05) is 55.0 Å². The first-order valence-corrected chi connectivity index (χ1v) is 14.3. The molecule has 1 saturated heterocycles. The number of alkyl halides is 3. The van der Waals surface area contributed by atoms with Crippen LogP contribution in [0.1, 0.15) is 61.1 Å². The normalized spacial score (nSPS) is 19.2. The highest BCUT2D eigenvalue weighted by atomic mass is 19.4. The maximum atomic E-state index is 14.3. The number of amides is 1. The van der Waals surface area contributed by atoms with Crippen molar-refractivity contribution in [2.75, 3.05) is 18.5 Å². The number of rotatable bonds is 7. The van der Waals surface area contributed by atoms with Crippen molar-refractivity contribution < 1.29 is 41.7 Å². The monoisotopic (exact) mass is 601 g/mol. The van der Waals surface area contributed by atoms with Crippen LogP contribution in [0.2, 0.25) is 0 Å². The SMILES string of the molecule is O=C(Nc1ccc(C(F)(F)F)cc1F)C1CCCC(c2ccc(-c3ccccc3COC3CCOCC3)cc2)C1.O=CO. The van der Waals surface area contributed by atoms with E-state index in [2.05, 4.69) is 41.7 Å². The third kappa shape index (κ3) is 8.87. The van der Waals surface area contributed by atoms with Crippen LogP contribution in [-0.2, 0) is 31.8 Å². The van der Waals surface area contributed by atoms with Gasteiger partial charge in [0.25, 0.3) is 6.47 Å². The van der Waals surface area contributed by atoms with E-state index in [1.165, 1.54) is 0 Å². The van der Waals surface area contributed by atoms with Crippen molar-refractivity contribution in [2.45, 2.75) is 63.3 Å². The Balaban J connectivity index is 0.00000135. The molecule has 2 fully saturated rings. The highest BCUT2D eigenvalue weighted by Gasteiger charge is 2.32. The van der Waals surface area contributed by atoms with Crippen molar-refractivity contribution in [3.8, 4) is 11.1 Å². The number of carbonyl (C=O) groups excluding carboxylic acids is 1. The number of hydrogen-bond acceptors (Lipinski definition) is 4. The molecule has 2 aliphatic rings. The van der Waals surface area contributed by atoms with Crippen LogP contribution in [0.3, 0.4) is 0 Å². The van der Waals surface area contributed by atoms with Gasteiger partial charge in [0.15, 0.2) is 0 Å². The molecule has 0 aromatic heterocycles. The van der Waals surface area contributed by atoms with Crippen molar-refractivity contribution in [3.63, 3.8) is 0 Å². The molecule has 0 bridgehead atoms. The van der Waals surface area contributed by atoms with Crippen molar-refractivity contribution in [2.24, 2.45) is 5.92 Å². The summed E-state index contributed by atoms with van der Waals surface area (Å²) >= 11 is 0. The lowest BCUT2D eigenvalue weighted by Crippen LogP contribution is -2.28. The van der Waals surface area contributed by atoms with Crippen LogP contribution in [0, 0.1) is 11.7 Å². The standard InChI is InChI=1S/C32H33F4NO3.CH2O2/c33-29-19-26(32(34,35)36)12-13-30(29)37-31(38)24-6-3-5-23(18-24)21-8-10-22(11-9-21)28-7-2-1-4-25(28)20-40-27-14-16-39-17-15-27;2-1-3/h1-2,4,7-13,19,23-24,27H,3,5-6,14-18,20H2,(H,37,38);1H,(H,2,3). The highest BCUT2D eigenvalue weighted by Crippen LogP contribution is 2.38. The molecule has 2 unspecified atom stereocenters. The highest BCUT2D eigenvalue weighted by molar-refractivity contribution is 5.92. The summed E-state index contributed by atoms with van der Waals surface area (Å²) in [5.74, 6) is -1.63. The molecule has 6 nitrogen and oxygen atoms in total. The van der Waals surface area contributed by atoms with Crippen molar-refractivity contribution in [3.05, 3.63) is 89.2 Å². The average molecular weight is 602 g/mol. The number of ether oxygens (including phenoxy) is 2. The summed E-state index contributed by atoms with van der Waals surface area (Å²) in [6.45, 7) is 1.77. The first-order valence-electron chi connectivity index (χ1n) is 14.3. The molecule has 3 aromatic carbocycles. The van der Waals surface area contributed by atoms with Gasteiger partial charge in [-0.05, 0) is 78.5 Å². The van der Waals surface area contributed by atoms with Gasteiger partial charge in [-0.3, -0.25) is 9.59 Å². The molecular weight excluding hydrogens is 566 g/mol. The smallest absolute Gasteiger partial charge is 0.416 e. The van der Waals surface area contributed by atoms with Crippen LogP contribution < -0.4 is 5.32 Å². The second-order valence-electron chi connectivity index (χ2n) is 10.7. The van der Waals surface area contributed by atoms with Crippen LogP contribution in [0.25, 0.3) is 11.1 Å². The largest absolute Gasteiger partial charge is 0.483 e. The zero-order valence-corrected chi connectivity index (χ0v) is 23.6. The topological polar surface area (TPSA) is 84.9 Å². The first-order chi connectivity index (χ1) is 20.7. The Labute approximate surface area is 248 Å². The minimum Gasteiger partial charge on any atom is -0.483 e. The predicted octanol–water partition coefficient (Wildman–Crippen LogP) is 7.82. The zero-order valence-electron chi connectivity index (χ0n) is 23.6. The fraction of sp³-hybridized carbons (Fsp3) is 0.394. The van der Waals surface area contributed by atoms with Gasteiger partial charge in [0.2, 0.25) is 5.91 Å². The Morgan fingerprint density at radius 2 is 1.70 bits per heavy atom. The van der Waals surface area contributed by atoms with Gasteiger partial charge < -0.3 is 19.9 Å². The van der Waals surface area contributed by atoms with E-state index in [0.29, 0.717) is 25.5 Å². The van der Waals surface area contributed by atoms with E-state index in [1.54, 1.807) is 0 Å². The van der Waals surface area contributed by atoms with E-state index >= 15 is 0 Å². The molecule has 1 saturated carbocycles. The molecule has 1 aliphatic carbocycles. The molecule has 0 radical (unpaired) electrons. The van der Waals surface area contributed by atoms with E-state index in [0.717, 1.165) is 73.3 Å². The lowest BCUT2D eigenvalue weighted by Gasteiger charge is -2.29. The summed E-state index contributed by atoms with van der Waals surface area (Å²) < 4.78 is 64.4. The molecule has 1 heterocycles. The van der Waals surface area contributed by atoms with Gasteiger partial charge in [0.1, 0.15) is 5.82 Å². The Morgan fingerprint density at radius 1 is 1.00 bits per heavy atom. The number of carbonyl (C=O) groups is 2. The molecule has 0 spiro atoms. The van der Waals surface area contributed by atoms with Crippen molar-refractivity contribution >= 4 is 18.1 Å². The van der Waals surface area contributed by atoms with Crippen LogP contribution in [0.15, 0.2) is 66.7 Å². The van der Waals surface area contributed by atoms with Gasteiger partial charge in [-0.2, -0.15) is 13.2 Å². The van der Waals surface area contributed by atoms with Gasteiger partial charge in [-0.15, -0.1) is 0 Å². The molecule has 1 aliphatic heterocycles. The van der Waals surface area contributed by atoms with Gasteiger partial charge in [-0.25, -0.2) is 4.39 Å². The summed E-state index contributed by atoms with van der Waals surface area (Å²) in [6.07, 6.45) is 0.436. The van der Waals surface area contributed by atoms with Crippen molar-refractivity contribution in [1.82, 2.24) is 0 Å². The number of nitrogens with one attached hydrogen (secondary N) is 1. The molecular formula is C33H35F4NO5. The second-order valence-corrected chi connectivity index (χ2v) is 10.7. The van der Waals surface area contributed by atoms with Gasteiger partial charge in [0, 0.05) is 19.1 Å². The lowest BCUT2D eigenvalue weighted by molar-refractivity contribution is -0.137. The molecule has 5 rings (SSSR count). The number of halogens is 4. The zero-order chi connectivity index (χ0) is 30.8. The molecule has 10 heteroatoms. The first kappa shape index (κ1) is 32.2. The fourth-order valence-electron chi connectivity index (χ4n) is 5.67. The summed E-state index contributed by atoms with van der Waals surface area (Å²) in [6, 6.07) is 18.8. The summed E-state index contributed by atoms with van der Waals surface area (Å²) in [4.78, 5) is 21.3. The Hall–Kier alpha value is -3.76. The minimum absolute atomic E-state index is 0.170. The van der Waals surface area contributed by atoms with E-state index < -0.39 is 17.6 Å². The Bertz CT molecular complexity index is 1360. The van der Waals surface area contributed by atoms with Crippen LogP contribution in [-0.4, -0.2) is 36.8 Å². The second kappa shape index (κ2) is 15.1.